The summed E-state index contributed by atoms with van der Waals surface area (Å²) in [4.78, 5) is 0. The zero-order valence-electron chi connectivity index (χ0n) is 4.23. The number of rotatable bonds is 2. The Morgan fingerprint density at radius 2 is 2.29 bits per heavy atom. The molecule has 0 aromatic rings. The van der Waals surface area contributed by atoms with Crippen LogP contribution in [0.5, 0.6) is 0 Å². The fourth-order valence-electron chi connectivity index (χ4n) is 0.533. The highest BCUT2D eigenvalue weighted by Crippen LogP contribution is 2.29. The molecular formula is C6H9Br. The lowest BCUT2D eigenvalue weighted by atomic mass is 10.4. The second kappa shape index (κ2) is 2.51. The van der Waals surface area contributed by atoms with Crippen LogP contribution in [0.25, 0.3) is 0 Å². The van der Waals surface area contributed by atoms with Crippen molar-refractivity contribution in [1.82, 2.24) is 0 Å². The molecule has 0 aromatic carbocycles. The third kappa shape index (κ3) is 2.12. The van der Waals surface area contributed by atoms with Crippen molar-refractivity contribution in [1.29, 1.82) is 0 Å². The second-order valence-electron chi connectivity index (χ2n) is 1.92. The van der Waals surface area contributed by atoms with Crippen LogP contribution in [0, 0.1) is 5.92 Å². The molecule has 0 bridgehead atoms. The topological polar surface area (TPSA) is 0 Å². The number of hydrogen-bond acceptors (Lipinski definition) is 0. The van der Waals surface area contributed by atoms with Gasteiger partial charge in [-0.1, -0.05) is 28.1 Å². The maximum Gasteiger partial charge on any atom is 0.0212 e. The van der Waals surface area contributed by atoms with Crippen molar-refractivity contribution >= 4 is 15.9 Å². The van der Waals surface area contributed by atoms with Gasteiger partial charge in [-0.15, -0.1) is 0 Å². The van der Waals surface area contributed by atoms with E-state index in [1.807, 2.05) is 0 Å². The summed E-state index contributed by atoms with van der Waals surface area (Å²) >= 11 is 3.32. The van der Waals surface area contributed by atoms with Crippen molar-refractivity contribution in [3.8, 4) is 0 Å². The van der Waals surface area contributed by atoms with Crippen molar-refractivity contribution in [3.63, 3.8) is 0 Å². The highest BCUT2D eigenvalue weighted by atomic mass is 79.9. The van der Waals surface area contributed by atoms with Crippen LogP contribution < -0.4 is 0 Å². The molecule has 0 aromatic heterocycles. The smallest absolute Gasteiger partial charge is 0.0212 e. The maximum absolute atomic E-state index is 3.32. The Morgan fingerprint density at radius 1 is 1.57 bits per heavy atom. The number of halogens is 1. The zero-order chi connectivity index (χ0) is 5.11. The van der Waals surface area contributed by atoms with Gasteiger partial charge in [0.25, 0.3) is 0 Å². The van der Waals surface area contributed by atoms with E-state index < -0.39 is 0 Å². The Kier molecular flexibility index (Phi) is 1.92. The third-order valence-corrected chi connectivity index (χ3v) is 1.49. The molecule has 0 N–H and O–H groups in total. The van der Waals surface area contributed by atoms with Crippen LogP contribution in [0.4, 0.5) is 0 Å². The van der Waals surface area contributed by atoms with Gasteiger partial charge in [-0.3, -0.25) is 0 Å². The van der Waals surface area contributed by atoms with Gasteiger partial charge >= 0.3 is 0 Å². The minimum atomic E-state index is 0.942. The average molecular weight is 161 g/mol. The maximum atomic E-state index is 3.32. The summed E-state index contributed by atoms with van der Waals surface area (Å²) in [6, 6.07) is 0. The summed E-state index contributed by atoms with van der Waals surface area (Å²) in [5, 5.41) is 1.02. The molecule has 7 heavy (non-hydrogen) atoms. The first kappa shape index (κ1) is 5.36. The predicted molar refractivity (Wildman–Crippen MR) is 35.7 cm³/mol. The lowest BCUT2D eigenvalue weighted by Gasteiger charge is -1.74. The van der Waals surface area contributed by atoms with Gasteiger partial charge in [-0.25, -0.2) is 0 Å². The lowest BCUT2D eigenvalue weighted by Crippen LogP contribution is -1.61. The fraction of sp³-hybridized carbons (Fsp3) is 0.667. The Morgan fingerprint density at radius 3 is 2.71 bits per heavy atom. The SMILES string of the molecule is BrCC=CC1CC1. The van der Waals surface area contributed by atoms with Crippen molar-refractivity contribution < 1.29 is 0 Å². The lowest BCUT2D eigenvalue weighted by molar-refractivity contribution is 1.12. The van der Waals surface area contributed by atoms with E-state index in [4.69, 9.17) is 0 Å². The number of hydrogen-bond donors (Lipinski definition) is 0. The van der Waals surface area contributed by atoms with Crippen LogP contribution >= 0.6 is 15.9 Å². The molecule has 0 nitrogen and oxygen atoms in total. The molecule has 0 aliphatic heterocycles. The summed E-state index contributed by atoms with van der Waals surface area (Å²) in [5.74, 6) is 0.942. The highest BCUT2D eigenvalue weighted by molar-refractivity contribution is 9.09. The van der Waals surface area contributed by atoms with Gasteiger partial charge in [0.15, 0.2) is 0 Å². The number of allylic oxidation sites excluding steroid dienone is 2. The molecule has 0 unspecified atom stereocenters. The van der Waals surface area contributed by atoms with E-state index in [1.54, 1.807) is 0 Å². The predicted octanol–water partition coefficient (Wildman–Crippen LogP) is 2.35. The van der Waals surface area contributed by atoms with Crippen molar-refractivity contribution in [2.24, 2.45) is 5.92 Å². The molecule has 0 atom stereocenters. The summed E-state index contributed by atoms with van der Waals surface area (Å²) in [7, 11) is 0. The van der Waals surface area contributed by atoms with Gasteiger partial charge in [0.1, 0.15) is 0 Å². The van der Waals surface area contributed by atoms with Gasteiger partial charge in [0.2, 0.25) is 0 Å². The van der Waals surface area contributed by atoms with E-state index in [2.05, 4.69) is 28.1 Å². The quantitative estimate of drug-likeness (QED) is 0.430. The molecule has 0 saturated heterocycles. The van der Waals surface area contributed by atoms with Crippen LogP contribution in [0.3, 0.4) is 0 Å². The van der Waals surface area contributed by atoms with Gasteiger partial charge in [-0.2, -0.15) is 0 Å². The largest absolute Gasteiger partial charge is 0.0883 e. The molecular weight excluding hydrogens is 152 g/mol. The monoisotopic (exact) mass is 160 g/mol. The van der Waals surface area contributed by atoms with E-state index in [0.717, 1.165) is 11.2 Å². The Hall–Kier alpha value is 0.220. The first-order valence-electron chi connectivity index (χ1n) is 2.66. The van der Waals surface area contributed by atoms with Crippen molar-refractivity contribution in [2.45, 2.75) is 12.8 Å². The van der Waals surface area contributed by atoms with Gasteiger partial charge in [-0.05, 0) is 18.8 Å². The zero-order valence-corrected chi connectivity index (χ0v) is 5.82. The molecule has 1 saturated carbocycles. The molecule has 1 rings (SSSR count). The van der Waals surface area contributed by atoms with Crippen LogP contribution in [-0.4, -0.2) is 5.33 Å². The fourth-order valence-corrected chi connectivity index (χ4v) is 0.748. The van der Waals surface area contributed by atoms with Crippen molar-refractivity contribution in [3.05, 3.63) is 12.2 Å². The minimum Gasteiger partial charge on any atom is -0.0883 e. The Balaban J connectivity index is 2.05. The van der Waals surface area contributed by atoms with Crippen LogP contribution in [0.2, 0.25) is 0 Å². The van der Waals surface area contributed by atoms with Gasteiger partial charge in [0.05, 0.1) is 0 Å². The van der Waals surface area contributed by atoms with E-state index in [9.17, 15) is 0 Å². The van der Waals surface area contributed by atoms with Crippen LogP contribution in [-0.2, 0) is 0 Å². The normalized spacial score (nSPS) is 21.3. The molecule has 1 heteroatoms. The molecule has 1 aliphatic carbocycles. The molecule has 1 aliphatic rings. The minimum absolute atomic E-state index is 0.942. The molecule has 0 radical (unpaired) electrons. The molecule has 0 heterocycles. The Bertz CT molecular complexity index is 72.2. The van der Waals surface area contributed by atoms with E-state index in [0.29, 0.717) is 0 Å². The summed E-state index contributed by atoms with van der Waals surface area (Å²) in [6.45, 7) is 0. The van der Waals surface area contributed by atoms with Gasteiger partial charge < -0.3 is 0 Å². The van der Waals surface area contributed by atoms with Crippen LogP contribution in [0.1, 0.15) is 12.8 Å². The summed E-state index contributed by atoms with van der Waals surface area (Å²) in [5.41, 5.74) is 0. The number of alkyl halides is 1. The first-order valence-corrected chi connectivity index (χ1v) is 3.78. The highest BCUT2D eigenvalue weighted by Gasteiger charge is 2.16. The Labute approximate surface area is 52.7 Å². The summed E-state index contributed by atoms with van der Waals surface area (Å²) < 4.78 is 0. The van der Waals surface area contributed by atoms with Gasteiger partial charge in [0, 0.05) is 5.33 Å². The molecule has 0 spiro atoms. The first-order chi connectivity index (χ1) is 3.43. The van der Waals surface area contributed by atoms with Crippen LogP contribution in [0.15, 0.2) is 12.2 Å². The molecule has 1 fully saturated rings. The average Bonchev–Trinajstić information content (AvgIpc) is 2.42. The molecule has 0 amide bonds. The van der Waals surface area contributed by atoms with E-state index >= 15 is 0 Å². The summed E-state index contributed by atoms with van der Waals surface area (Å²) in [6.07, 6.45) is 7.30. The second-order valence-corrected chi connectivity index (χ2v) is 2.57. The molecule has 40 valence electrons. The van der Waals surface area contributed by atoms with E-state index in [1.165, 1.54) is 12.8 Å². The third-order valence-electron chi connectivity index (χ3n) is 1.12. The van der Waals surface area contributed by atoms with Crippen molar-refractivity contribution in [2.75, 3.05) is 5.33 Å². The standard InChI is InChI=1S/C6H9Br/c7-5-1-2-6-3-4-6/h1-2,6H,3-5H2. The van der Waals surface area contributed by atoms with E-state index in [-0.39, 0.29) is 0 Å².